The Morgan fingerprint density at radius 1 is 0.647 bits per heavy atom. The summed E-state index contributed by atoms with van der Waals surface area (Å²) in [5.41, 5.74) is 1.33. The van der Waals surface area contributed by atoms with Gasteiger partial charge in [-0.05, 0) is 87.5 Å². The summed E-state index contributed by atoms with van der Waals surface area (Å²) in [5.74, 6) is 4.35. The number of hydrogen-bond donors (Lipinski definition) is 0. The van der Waals surface area contributed by atoms with Gasteiger partial charge in [-0.25, -0.2) is 9.97 Å². The first kappa shape index (κ1) is 27.4. The number of aromatic nitrogens is 2. The molecule has 1 aromatic rings. The topological polar surface area (TPSA) is 25.8 Å². The Balaban J connectivity index is 1.28. The maximum absolute atomic E-state index is 4.79. The number of hydrogen-bond acceptors (Lipinski definition) is 2. The van der Waals surface area contributed by atoms with Crippen LogP contribution in [-0.2, 0) is 6.42 Å². The van der Waals surface area contributed by atoms with Crippen LogP contribution in [-0.4, -0.2) is 9.97 Å². The van der Waals surface area contributed by atoms with Gasteiger partial charge in [0, 0.05) is 18.3 Å². The monoisotopic (exact) mass is 466 g/mol. The zero-order valence-corrected chi connectivity index (χ0v) is 22.7. The van der Waals surface area contributed by atoms with Crippen molar-refractivity contribution >= 4 is 0 Å². The lowest BCUT2D eigenvalue weighted by atomic mass is 9.78. The van der Waals surface area contributed by atoms with E-state index in [1.165, 1.54) is 128 Å². The first-order valence-corrected chi connectivity index (χ1v) is 15.3. The van der Waals surface area contributed by atoms with Gasteiger partial charge < -0.3 is 0 Å². The van der Waals surface area contributed by atoms with E-state index in [1.807, 2.05) is 0 Å². The van der Waals surface area contributed by atoms with Crippen molar-refractivity contribution in [3.05, 3.63) is 35.9 Å². The zero-order chi connectivity index (χ0) is 23.8. The Bertz CT molecular complexity index is 648. The van der Waals surface area contributed by atoms with Gasteiger partial charge in [-0.2, -0.15) is 0 Å². The fraction of sp³-hybridized carbons (Fsp3) is 0.812. The maximum Gasteiger partial charge on any atom is 0.131 e. The van der Waals surface area contributed by atoms with Gasteiger partial charge in [0.25, 0.3) is 0 Å². The van der Waals surface area contributed by atoms with Crippen molar-refractivity contribution in [2.75, 3.05) is 0 Å². The van der Waals surface area contributed by atoms with Crippen molar-refractivity contribution in [3.8, 4) is 0 Å². The van der Waals surface area contributed by atoms with Gasteiger partial charge in [0.15, 0.2) is 0 Å². The van der Waals surface area contributed by atoms with E-state index in [4.69, 9.17) is 9.97 Å². The molecule has 0 amide bonds. The smallest absolute Gasteiger partial charge is 0.131 e. The summed E-state index contributed by atoms with van der Waals surface area (Å²) in [6.07, 6.45) is 36.8. The Morgan fingerprint density at radius 3 is 1.76 bits per heavy atom. The van der Waals surface area contributed by atoms with E-state index in [1.54, 1.807) is 0 Å². The Morgan fingerprint density at radius 2 is 1.18 bits per heavy atom. The highest BCUT2D eigenvalue weighted by Gasteiger charge is 2.24. The molecule has 0 spiro atoms. The van der Waals surface area contributed by atoms with Crippen LogP contribution in [0.3, 0.4) is 0 Å². The fourth-order valence-electron chi connectivity index (χ4n) is 6.21. The van der Waals surface area contributed by atoms with Crippen LogP contribution in [0, 0.1) is 17.8 Å². The number of unbranched alkanes of at least 4 members (excludes halogenated alkanes) is 8. The van der Waals surface area contributed by atoms with Gasteiger partial charge in [0.1, 0.15) is 5.82 Å². The molecule has 2 aliphatic rings. The minimum absolute atomic E-state index is 0.579. The van der Waals surface area contributed by atoms with Gasteiger partial charge in [-0.15, -0.1) is 0 Å². The minimum atomic E-state index is 0.579. The molecular formula is C32H54N2. The van der Waals surface area contributed by atoms with Crippen molar-refractivity contribution in [3.63, 3.8) is 0 Å². The molecule has 2 aliphatic carbocycles. The van der Waals surface area contributed by atoms with Crippen LogP contribution < -0.4 is 0 Å². The Hall–Kier alpha value is -1.18. The molecule has 1 heterocycles. The van der Waals surface area contributed by atoms with E-state index in [0.29, 0.717) is 5.92 Å². The second-order valence-corrected chi connectivity index (χ2v) is 11.6. The summed E-state index contributed by atoms with van der Waals surface area (Å²) in [4.78, 5) is 9.59. The zero-order valence-electron chi connectivity index (χ0n) is 22.7. The molecular weight excluding hydrogens is 412 g/mol. The van der Waals surface area contributed by atoms with E-state index >= 15 is 0 Å². The number of allylic oxidation sites excluding steroid dienone is 2. The van der Waals surface area contributed by atoms with Crippen LogP contribution in [0.25, 0.3) is 0 Å². The molecule has 0 radical (unpaired) electrons. The van der Waals surface area contributed by atoms with Crippen molar-refractivity contribution in [1.82, 2.24) is 9.97 Å². The highest BCUT2D eigenvalue weighted by molar-refractivity contribution is 5.09. The number of nitrogens with zero attached hydrogens (tertiary/aromatic N) is 2. The van der Waals surface area contributed by atoms with E-state index < -0.39 is 0 Å². The highest BCUT2D eigenvalue weighted by Crippen LogP contribution is 2.36. The summed E-state index contributed by atoms with van der Waals surface area (Å²) in [6, 6.07) is 0. The normalized spacial score (nSPS) is 25.7. The summed E-state index contributed by atoms with van der Waals surface area (Å²) in [5, 5.41) is 0. The van der Waals surface area contributed by atoms with Crippen molar-refractivity contribution in [1.29, 1.82) is 0 Å². The predicted octanol–water partition coefficient (Wildman–Crippen LogP) is 9.99. The van der Waals surface area contributed by atoms with Crippen LogP contribution in [0.4, 0.5) is 0 Å². The Labute approximate surface area is 211 Å². The lowest BCUT2D eigenvalue weighted by molar-refractivity contribution is 0.289. The van der Waals surface area contributed by atoms with Crippen molar-refractivity contribution < 1.29 is 0 Å². The lowest BCUT2D eigenvalue weighted by Crippen LogP contribution is -2.15. The third-order valence-corrected chi connectivity index (χ3v) is 8.69. The third-order valence-electron chi connectivity index (χ3n) is 8.69. The molecule has 0 N–H and O–H groups in total. The molecule has 2 nitrogen and oxygen atoms in total. The van der Waals surface area contributed by atoms with Crippen LogP contribution in [0.2, 0.25) is 0 Å². The molecule has 3 rings (SSSR count). The molecule has 0 aliphatic heterocycles. The molecule has 192 valence electrons. The molecule has 2 saturated carbocycles. The second-order valence-electron chi connectivity index (χ2n) is 11.6. The molecule has 0 bridgehead atoms. The van der Waals surface area contributed by atoms with Crippen LogP contribution in [0.15, 0.2) is 24.5 Å². The predicted molar refractivity (Wildman–Crippen MR) is 147 cm³/mol. The first-order valence-electron chi connectivity index (χ1n) is 15.3. The van der Waals surface area contributed by atoms with Gasteiger partial charge in [0.05, 0.1) is 0 Å². The van der Waals surface area contributed by atoms with Crippen molar-refractivity contribution in [2.24, 2.45) is 17.8 Å². The molecule has 0 saturated heterocycles. The molecule has 2 fully saturated rings. The summed E-state index contributed by atoms with van der Waals surface area (Å²) in [7, 11) is 0. The number of rotatable bonds is 15. The van der Waals surface area contributed by atoms with Crippen LogP contribution in [0.1, 0.15) is 153 Å². The average molecular weight is 467 g/mol. The first-order chi connectivity index (χ1) is 16.8. The highest BCUT2D eigenvalue weighted by atomic mass is 14.9. The standard InChI is InChI=1S/C32H54N2/c1-3-5-7-8-9-10-11-12-14-30-25-33-32(34-26-30)31-23-21-29(22-24-31)20-19-28-17-15-27(16-18-28)13-6-4-2/h19-20,25-29,31H,3-18,21-24H2,1-2H3/b20-19+. The second kappa shape index (κ2) is 16.5. The average Bonchev–Trinajstić information content (AvgIpc) is 2.89. The van der Waals surface area contributed by atoms with Gasteiger partial charge in [0.2, 0.25) is 0 Å². The lowest BCUT2D eigenvalue weighted by Gasteiger charge is -2.28. The fourth-order valence-corrected chi connectivity index (χ4v) is 6.21. The SMILES string of the molecule is CCCCCCCCCCc1cnc(C2CCC(/C=C/C3CCC(CCCC)CC3)CC2)nc1. The Kier molecular flexibility index (Phi) is 13.3. The minimum Gasteiger partial charge on any atom is -0.241 e. The molecule has 0 aromatic carbocycles. The quantitative estimate of drug-likeness (QED) is 0.190. The van der Waals surface area contributed by atoms with Crippen LogP contribution in [0.5, 0.6) is 0 Å². The summed E-state index contributed by atoms with van der Waals surface area (Å²) >= 11 is 0. The van der Waals surface area contributed by atoms with E-state index in [9.17, 15) is 0 Å². The molecule has 34 heavy (non-hydrogen) atoms. The molecule has 1 aromatic heterocycles. The van der Waals surface area contributed by atoms with Gasteiger partial charge >= 0.3 is 0 Å². The maximum atomic E-state index is 4.79. The van der Waals surface area contributed by atoms with Gasteiger partial charge in [-0.3, -0.25) is 0 Å². The van der Waals surface area contributed by atoms with Crippen LogP contribution >= 0.6 is 0 Å². The molecule has 0 unspecified atom stereocenters. The van der Waals surface area contributed by atoms with E-state index in [-0.39, 0.29) is 0 Å². The summed E-state index contributed by atoms with van der Waals surface area (Å²) < 4.78 is 0. The van der Waals surface area contributed by atoms with Gasteiger partial charge in [-0.1, -0.05) is 90.2 Å². The van der Waals surface area contributed by atoms with E-state index in [0.717, 1.165) is 30.0 Å². The van der Waals surface area contributed by atoms with E-state index in [2.05, 4.69) is 38.4 Å². The van der Waals surface area contributed by atoms with Crippen molar-refractivity contribution in [2.45, 2.75) is 148 Å². The molecule has 2 heteroatoms. The molecule has 0 atom stereocenters. The number of aryl methyl sites for hydroxylation is 1. The third kappa shape index (κ3) is 10.2. The summed E-state index contributed by atoms with van der Waals surface area (Å²) in [6.45, 7) is 4.61. The largest absolute Gasteiger partial charge is 0.241 e.